The predicted molar refractivity (Wildman–Crippen MR) is 84.1 cm³/mol. The molecule has 2 N–H and O–H groups in total. The second-order valence-electron chi connectivity index (χ2n) is 5.19. The molecule has 21 heavy (non-hydrogen) atoms. The normalized spacial score (nSPS) is 15.7. The summed E-state index contributed by atoms with van der Waals surface area (Å²) in [5.41, 5.74) is 0. The molecule has 0 aliphatic heterocycles. The molecule has 118 valence electrons. The summed E-state index contributed by atoms with van der Waals surface area (Å²) in [6.07, 6.45) is 8.30. The topological polar surface area (TPSA) is 68.3 Å². The summed E-state index contributed by atoms with van der Waals surface area (Å²) in [6.45, 7) is 4.22. The number of ether oxygens (including phenoxy) is 2. The summed E-state index contributed by atoms with van der Waals surface area (Å²) >= 11 is 0. The number of methoxy groups -OCH3 is 1. The molecule has 0 unspecified atom stereocenters. The molecule has 1 aromatic rings. The van der Waals surface area contributed by atoms with Crippen molar-refractivity contribution in [1.29, 1.82) is 0 Å². The van der Waals surface area contributed by atoms with Gasteiger partial charge in [0.25, 0.3) is 0 Å². The van der Waals surface area contributed by atoms with E-state index in [0.717, 1.165) is 13.1 Å². The van der Waals surface area contributed by atoms with Gasteiger partial charge in [-0.1, -0.05) is 19.3 Å². The van der Waals surface area contributed by atoms with Crippen LogP contribution in [0.3, 0.4) is 0 Å². The fraction of sp³-hybridized carbons (Fsp3) is 0.733. The average molecular weight is 294 g/mol. The second kappa shape index (κ2) is 8.67. The maximum absolute atomic E-state index is 5.89. The Morgan fingerprint density at radius 2 is 1.86 bits per heavy atom. The van der Waals surface area contributed by atoms with Crippen molar-refractivity contribution in [3.05, 3.63) is 6.33 Å². The molecule has 0 atom stereocenters. The molecule has 1 saturated carbocycles. The van der Waals surface area contributed by atoms with Gasteiger partial charge in [0.2, 0.25) is 5.75 Å². The minimum absolute atomic E-state index is 0.435. The zero-order chi connectivity index (χ0) is 14.9. The highest BCUT2D eigenvalue weighted by molar-refractivity contribution is 5.63. The van der Waals surface area contributed by atoms with Crippen molar-refractivity contribution in [2.24, 2.45) is 0 Å². The van der Waals surface area contributed by atoms with Gasteiger partial charge in [0.1, 0.15) is 6.33 Å². The molecule has 0 radical (unpaired) electrons. The van der Waals surface area contributed by atoms with E-state index < -0.39 is 0 Å². The fourth-order valence-corrected chi connectivity index (χ4v) is 2.61. The predicted octanol–water partition coefficient (Wildman–Crippen LogP) is 2.68. The first-order valence-electron chi connectivity index (χ1n) is 7.83. The third-order valence-corrected chi connectivity index (χ3v) is 3.65. The van der Waals surface area contributed by atoms with Gasteiger partial charge in [0.05, 0.1) is 19.8 Å². The summed E-state index contributed by atoms with van der Waals surface area (Å²) in [5.74, 6) is 2.07. The fourth-order valence-electron chi connectivity index (χ4n) is 2.61. The van der Waals surface area contributed by atoms with E-state index in [-0.39, 0.29) is 0 Å². The molecule has 0 spiro atoms. The number of anilines is 2. The maximum Gasteiger partial charge on any atom is 0.204 e. The smallest absolute Gasteiger partial charge is 0.204 e. The minimum atomic E-state index is 0.435. The Hall–Kier alpha value is -1.56. The number of hydrogen-bond acceptors (Lipinski definition) is 6. The Kier molecular flexibility index (Phi) is 6.53. The van der Waals surface area contributed by atoms with Crippen LogP contribution in [0.5, 0.6) is 5.75 Å². The van der Waals surface area contributed by atoms with Crippen LogP contribution < -0.4 is 15.4 Å². The van der Waals surface area contributed by atoms with Gasteiger partial charge in [-0.3, -0.25) is 0 Å². The number of aromatic nitrogens is 2. The largest absolute Gasteiger partial charge is 0.490 e. The third kappa shape index (κ3) is 4.74. The molecule has 2 rings (SSSR count). The molecule has 1 aliphatic carbocycles. The molecule has 1 aromatic heterocycles. The number of rotatable bonds is 8. The van der Waals surface area contributed by atoms with Gasteiger partial charge >= 0.3 is 0 Å². The van der Waals surface area contributed by atoms with E-state index in [0.29, 0.717) is 30.1 Å². The maximum atomic E-state index is 5.89. The highest BCUT2D eigenvalue weighted by Crippen LogP contribution is 2.28. The van der Waals surface area contributed by atoms with E-state index in [9.17, 15) is 0 Å². The zero-order valence-electron chi connectivity index (χ0n) is 13.0. The lowest BCUT2D eigenvalue weighted by Gasteiger charge is -2.22. The number of hydrogen-bond donors (Lipinski definition) is 2. The van der Waals surface area contributed by atoms with Crippen molar-refractivity contribution in [3.63, 3.8) is 0 Å². The first-order valence-corrected chi connectivity index (χ1v) is 7.83. The summed E-state index contributed by atoms with van der Waals surface area (Å²) in [5, 5.41) is 6.42. The van der Waals surface area contributed by atoms with Crippen LogP contribution in [-0.4, -0.2) is 42.9 Å². The van der Waals surface area contributed by atoms with Crippen LogP contribution >= 0.6 is 0 Å². The van der Waals surface area contributed by atoms with E-state index in [2.05, 4.69) is 20.6 Å². The van der Waals surface area contributed by atoms with Crippen LogP contribution in [0.1, 0.15) is 39.0 Å². The molecule has 1 aliphatic rings. The van der Waals surface area contributed by atoms with E-state index in [1.807, 2.05) is 6.92 Å². The van der Waals surface area contributed by atoms with E-state index >= 15 is 0 Å². The van der Waals surface area contributed by atoms with Crippen LogP contribution in [0, 0.1) is 0 Å². The molecule has 0 bridgehead atoms. The molecule has 0 saturated heterocycles. The second-order valence-corrected chi connectivity index (χ2v) is 5.19. The lowest BCUT2D eigenvalue weighted by Crippen LogP contribution is -2.21. The van der Waals surface area contributed by atoms with Crippen LogP contribution in [0.4, 0.5) is 11.6 Å². The first kappa shape index (κ1) is 15.8. The highest BCUT2D eigenvalue weighted by atomic mass is 16.5. The molecule has 1 fully saturated rings. The van der Waals surface area contributed by atoms with Gasteiger partial charge in [-0.2, -0.15) is 0 Å². The molecular weight excluding hydrogens is 268 g/mol. The molecule has 1 heterocycles. The van der Waals surface area contributed by atoms with Crippen molar-refractivity contribution in [2.45, 2.75) is 45.1 Å². The van der Waals surface area contributed by atoms with Crippen molar-refractivity contribution >= 4 is 11.6 Å². The van der Waals surface area contributed by atoms with Crippen molar-refractivity contribution in [2.75, 3.05) is 37.4 Å². The summed E-state index contributed by atoms with van der Waals surface area (Å²) in [4.78, 5) is 8.42. The van der Waals surface area contributed by atoms with Gasteiger partial charge in [-0.25, -0.2) is 9.97 Å². The summed E-state index contributed by atoms with van der Waals surface area (Å²) in [6, 6.07) is 0. The van der Waals surface area contributed by atoms with Crippen LogP contribution in [-0.2, 0) is 4.74 Å². The Labute approximate surface area is 126 Å². The molecule has 0 amide bonds. The van der Waals surface area contributed by atoms with Gasteiger partial charge in [0.15, 0.2) is 11.6 Å². The quantitative estimate of drug-likeness (QED) is 0.718. The molecule has 0 aromatic carbocycles. The Bertz CT molecular complexity index is 422. The lowest BCUT2D eigenvalue weighted by molar-refractivity contribution is 0.0347. The number of nitrogens with one attached hydrogen (secondary N) is 2. The van der Waals surface area contributed by atoms with E-state index in [1.165, 1.54) is 38.4 Å². The van der Waals surface area contributed by atoms with E-state index in [4.69, 9.17) is 9.47 Å². The summed E-state index contributed by atoms with van der Waals surface area (Å²) < 4.78 is 11.3. The SMILES string of the molecule is CCNc1ncnc(NCCOC2CCCCC2)c1OC. The Morgan fingerprint density at radius 1 is 1.14 bits per heavy atom. The van der Waals surface area contributed by atoms with Crippen molar-refractivity contribution < 1.29 is 9.47 Å². The van der Waals surface area contributed by atoms with Gasteiger partial charge in [-0.05, 0) is 19.8 Å². The van der Waals surface area contributed by atoms with Crippen LogP contribution in [0.2, 0.25) is 0 Å². The van der Waals surface area contributed by atoms with Gasteiger partial charge in [-0.15, -0.1) is 0 Å². The van der Waals surface area contributed by atoms with E-state index in [1.54, 1.807) is 7.11 Å². The van der Waals surface area contributed by atoms with Crippen LogP contribution in [0.15, 0.2) is 6.33 Å². The van der Waals surface area contributed by atoms with Crippen LogP contribution in [0.25, 0.3) is 0 Å². The standard InChI is InChI=1S/C15H26N4O2/c1-3-16-14-13(20-2)15(19-11-18-14)17-9-10-21-12-7-5-4-6-8-12/h11-12H,3-10H2,1-2H3,(H2,16,17,18,19). The Morgan fingerprint density at radius 3 is 2.52 bits per heavy atom. The number of nitrogens with zero attached hydrogens (tertiary/aromatic N) is 2. The molecule has 6 nitrogen and oxygen atoms in total. The molecule has 6 heteroatoms. The van der Waals surface area contributed by atoms with Gasteiger partial charge < -0.3 is 20.1 Å². The third-order valence-electron chi connectivity index (χ3n) is 3.65. The van der Waals surface area contributed by atoms with Gasteiger partial charge in [0, 0.05) is 13.1 Å². The first-order chi connectivity index (χ1) is 10.3. The van der Waals surface area contributed by atoms with Crippen molar-refractivity contribution in [1.82, 2.24) is 9.97 Å². The zero-order valence-corrected chi connectivity index (χ0v) is 13.0. The minimum Gasteiger partial charge on any atom is -0.490 e. The summed E-state index contributed by atoms with van der Waals surface area (Å²) in [7, 11) is 1.63. The Balaban J connectivity index is 1.80. The monoisotopic (exact) mass is 294 g/mol. The average Bonchev–Trinajstić information content (AvgIpc) is 2.53. The van der Waals surface area contributed by atoms with Crippen molar-refractivity contribution in [3.8, 4) is 5.75 Å². The highest BCUT2D eigenvalue weighted by Gasteiger charge is 2.14. The molecular formula is C15H26N4O2. The lowest BCUT2D eigenvalue weighted by atomic mass is 9.98.